The first-order valence-electron chi connectivity index (χ1n) is 11.3. The third-order valence-corrected chi connectivity index (χ3v) is 6.86. The van der Waals surface area contributed by atoms with Gasteiger partial charge in [-0.2, -0.15) is 0 Å². The molecule has 7 nitrogen and oxygen atoms in total. The molecule has 0 bridgehead atoms. The number of aliphatic hydroxyl groups is 1. The zero-order valence-corrected chi connectivity index (χ0v) is 19.8. The number of benzene rings is 1. The first kappa shape index (κ1) is 23.0. The number of hydrogen-bond donors (Lipinski definition) is 1. The van der Waals surface area contributed by atoms with E-state index in [4.69, 9.17) is 11.6 Å². The molecule has 32 heavy (non-hydrogen) atoms. The predicted molar refractivity (Wildman–Crippen MR) is 126 cm³/mol. The largest absolute Gasteiger partial charge is 0.387 e. The van der Waals surface area contributed by atoms with E-state index in [1.54, 1.807) is 6.33 Å². The fraction of sp³-hybridized carbons (Fsp3) is 0.542. The summed E-state index contributed by atoms with van der Waals surface area (Å²) in [5, 5.41) is 11.0. The van der Waals surface area contributed by atoms with E-state index < -0.39 is 6.10 Å². The van der Waals surface area contributed by atoms with E-state index in [0.29, 0.717) is 24.5 Å². The van der Waals surface area contributed by atoms with Gasteiger partial charge < -0.3 is 19.8 Å². The van der Waals surface area contributed by atoms with Crippen LogP contribution in [0, 0.1) is 0 Å². The van der Waals surface area contributed by atoms with E-state index in [0.717, 1.165) is 48.7 Å². The van der Waals surface area contributed by atoms with Crippen molar-refractivity contribution < 1.29 is 9.90 Å². The topological polar surface area (TPSA) is 72.8 Å². The molecular weight excluding hydrogens is 426 g/mol. The minimum atomic E-state index is -0.513. The molecule has 2 heterocycles. The third-order valence-electron chi connectivity index (χ3n) is 6.61. The van der Waals surface area contributed by atoms with Gasteiger partial charge in [0, 0.05) is 36.8 Å². The van der Waals surface area contributed by atoms with Crippen molar-refractivity contribution in [2.45, 2.75) is 37.7 Å². The lowest BCUT2D eigenvalue weighted by Gasteiger charge is -2.38. The molecule has 1 amide bonds. The fourth-order valence-corrected chi connectivity index (χ4v) is 4.95. The summed E-state index contributed by atoms with van der Waals surface area (Å²) < 4.78 is 0. The van der Waals surface area contributed by atoms with Gasteiger partial charge in [-0.3, -0.25) is 4.79 Å². The van der Waals surface area contributed by atoms with Crippen LogP contribution < -0.4 is 4.90 Å². The number of piperazine rings is 1. The summed E-state index contributed by atoms with van der Waals surface area (Å²) in [7, 11) is 4.06. The quantitative estimate of drug-likeness (QED) is 0.718. The fourth-order valence-electron chi connectivity index (χ4n) is 4.83. The van der Waals surface area contributed by atoms with E-state index in [1.807, 2.05) is 43.3 Å². The highest BCUT2D eigenvalue weighted by Crippen LogP contribution is 2.42. The van der Waals surface area contributed by atoms with Gasteiger partial charge in [-0.15, -0.1) is 0 Å². The zero-order chi connectivity index (χ0) is 22.8. The van der Waals surface area contributed by atoms with Crippen LogP contribution in [0.5, 0.6) is 0 Å². The van der Waals surface area contributed by atoms with Crippen molar-refractivity contribution in [1.82, 2.24) is 19.8 Å². The minimum absolute atomic E-state index is 0.172. The van der Waals surface area contributed by atoms with Crippen molar-refractivity contribution in [3.8, 4) is 0 Å². The van der Waals surface area contributed by atoms with Gasteiger partial charge in [0.05, 0.1) is 17.7 Å². The predicted octanol–water partition coefficient (Wildman–Crippen LogP) is 3.05. The smallest absolute Gasteiger partial charge is 0.230 e. The van der Waals surface area contributed by atoms with E-state index >= 15 is 0 Å². The van der Waals surface area contributed by atoms with Crippen LogP contribution in [-0.2, 0) is 4.79 Å². The van der Waals surface area contributed by atoms with Gasteiger partial charge in [-0.1, -0.05) is 30.7 Å². The molecule has 0 saturated carbocycles. The number of hydrogen-bond acceptors (Lipinski definition) is 6. The van der Waals surface area contributed by atoms with Crippen molar-refractivity contribution in [3.05, 3.63) is 52.4 Å². The number of rotatable bonds is 6. The minimum Gasteiger partial charge on any atom is -0.387 e. The molecule has 1 aliphatic heterocycles. The number of carbonyl (C=O) groups is 1. The summed E-state index contributed by atoms with van der Waals surface area (Å²) >= 11 is 6.07. The molecule has 2 aliphatic rings. The van der Waals surface area contributed by atoms with Gasteiger partial charge in [0.1, 0.15) is 12.1 Å². The lowest BCUT2D eigenvalue weighted by atomic mass is 9.93. The van der Waals surface area contributed by atoms with Crippen molar-refractivity contribution in [2.24, 2.45) is 0 Å². The summed E-state index contributed by atoms with van der Waals surface area (Å²) in [5.74, 6) is 1.13. The molecule has 1 aromatic carbocycles. The highest BCUT2D eigenvalue weighted by Gasteiger charge is 2.35. The van der Waals surface area contributed by atoms with Gasteiger partial charge in [-0.05, 0) is 57.1 Å². The van der Waals surface area contributed by atoms with Gasteiger partial charge in [-0.25, -0.2) is 9.97 Å². The SMILES string of the molecule is CC1C[C@@H](O)c2ncnc(N3CCN(C(=O)[C@H](CCN(C)C)c4ccc(Cl)cc4)CC3)c21. The number of anilines is 1. The third kappa shape index (κ3) is 4.75. The molecule has 1 saturated heterocycles. The maximum Gasteiger partial charge on any atom is 0.230 e. The van der Waals surface area contributed by atoms with Gasteiger partial charge in [0.15, 0.2) is 0 Å². The normalized spacial score (nSPS) is 21.7. The van der Waals surface area contributed by atoms with Gasteiger partial charge in [0.2, 0.25) is 5.91 Å². The lowest BCUT2D eigenvalue weighted by Crippen LogP contribution is -2.50. The average Bonchev–Trinajstić information content (AvgIpc) is 3.08. The van der Waals surface area contributed by atoms with E-state index in [2.05, 4.69) is 26.7 Å². The Hall–Kier alpha value is -2.22. The molecule has 1 fully saturated rings. The van der Waals surface area contributed by atoms with Crippen LogP contribution in [0.2, 0.25) is 5.02 Å². The first-order valence-corrected chi connectivity index (χ1v) is 11.7. The molecule has 3 atom stereocenters. The molecule has 4 rings (SSSR count). The van der Waals surface area contributed by atoms with E-state index in [9.17, 15) is 9.90 Å². The Labute approximate surface area is 195 Å². The summed E-state index contributed by atoms with van der Waals surface area (Å²) in [4.78, 5) is 28.7. The average molecular weight is 458 g/mol. The van der Waals surface area contributed by atoms with Gasteiger partial charge >= 0.3 is 0 Å². The number of aromatic nitrogens is 2. The number of fused-ring (bicyclic) bond motifs is 1. The Bertz CT molecular complexity index is 944. The second kappa shape index (κ2) is 9.73. The van der Waals surface area contributed by atoms with E-state index in [1.165, 1.54) is 0 Å². The Morgan fingerprint density at radius 1 is 1.19 bits per heavy atom. The van der Waals surface area contributed by atoms with Crippen LogP contribution >= 0.6 is 11.6 Å². The molecule has 172 valence electrons. The number of carbonyl (C=O) groups excluding carboxylic acids is 1. The second-order valence-corrected chi connectivity index (χ2v) is 9.59. The monoisotopic (exact) mass is 457 g/mol. The van der Waals surface area contributed by atoms with Crippen LogP contribution in [0.4, 0.5) is 5.82 Å². The van der Waals surface area contributed by atoms with Crippen molar-refractivity contribution in [3.63, 3.8) is 0 Å². The van der Waals surface area contributed by atoms with Crippen molar-refractivity contribution in [2.75, 3.05) is 51.7 Å². The van der Waals surface area contributed by atoms with Crippen LogP contribution in [0.3, 0.4) is 0 Å². The molecule has 0 radical (unpaired) electrons. The highest BCUT2D eigenvalue weighted by molar-refractivity contribution is 6.30. The molecule has 1 aromatic heterocycles. The number of aliphatic hydroxyl groups excluding tert-OH is 1. The molecule has 1 unspecified atom stereocenters. The lowest BCUT2D eigenvalue weighted by molar-refractivity contribution is -0.133. The highest BCUT2D eigenvalue weighted by atomic mass is 35.5. The summed E-state index contributed by atoms with van der Waals surface area (Å²) in [5.41, 5.74) is 2.83. The van der Waals surface area contributed by atoms with E-state index in [-0.39, 0.29) is 17.7 Å². The molecule has 1 aliphatic carbocycles. The Morgan fingerprint density at radius 3 is 2.53 bits per heavy atom. The summed E-state index contributed by atoms with van der Waals surface area (Å²) in [6.45, 7) is 5.70. The van der Waals surface area contributed by atoms with Crippen LogP contribution in [0.1, 0.15) is 54.5 Å². The van der Waals surface area contributed by atoms with Crippen molar-refractivity contribution >= 4 is 23.3 Å². The standard InChI is InChI=1S/C24H32ClN5O2/c1-16-14-20(31)22-21(16)23(27-15-26-22)29-10-12-30(13-11-29)24(32)19(8-9-28(2)3)17-4-6-18(25)7-5-17/h4-7,15-16,19-20,31H,8-14H2,1-3H3/t16?,19-,20-/m1/s1. The van der Waals surface area contributed by atoms with Crippen LogP contribution in [0.15, 0.2) is 30.6 Å². The number of halogens is 1. The van der Waals surface area contributed by atoms with Gasteiger partial charge in [0.25, 0.3) is 0 Å². The maximum absolute atomic E-state index is 13.5. The molecule has 1 N–H and O–H groups in total. The Morgan fingerprint density at radius 2 is 1.88 bits per heavy atom. The van der Waals surface area contributed by atoms with Crippen LogP contribution in [0.25, 0.3) is 0 Å². The zero-order valence-electron chi connectivity index (χ0n) is 19.0. The summed E-state index contributed by atoms with van der Waals surface area (Å²) in [6.07, 6.45) is 2.49. The summed E-state index contributed by atoms with van der Waals surface area (Å²) in [6, 6.07) is 7.65. The first-order chi connectivity index (χ1) is 15.3. The Balaban J connectivity index is 1.47. The Kier molecular flexibility index (Phi) is 6.98. The maximum atomic E-state index is 13.5. The van der Waals surface area contributed by atoms with Crippen molar-refractivity contribution in [1.29, 1.82) is 0 Å². The molecule has 0 spiro atoms. The molecular formula is C24H32ClN5O2. The second-order valence-electron chi connectivity index (χ2n) is 9.16. The number of nitrogens with zero attached hydrogens (tertiary/aromatic N) is 5. The number of amides is 1. The van der Waals surface area contributed by atoms with Crippen LogP contribution in [-0.4, -0.2) is 77.6 Å². The molecule has 8 heteroatoms. The molecule has 2 aromatic rings.